The van der Waals surface area contributed by atoms with Gasteiger partial charge in [-0.05, 0) is 6.07 Å². The van der Waals surface area contributed by atoms with Crippen LogP contribution in [0.5, 0.6) is 0 Å². The number of morpholine rings is 1. The van der Waals surface area contributed by atoms with E-state index in [1.54, 1.807) is 4.68 Å². The van der Waals surface area contributed by atoms with E-state index in [9.17, 15) is 13.6 Å². The van der Waals surface area contributed by atoms with E-state index in [4.69, 9.17) is 4.74 Å². The topological polar surface area (TPSA) is 59.4 Å². The molecule has 118 valence electrons. The number of amides is 1. The maximum Gasteiger partial charge on any atom is 0.251 e. The van der Waals surface area contributed by atoms with Crippen LogP contribution in [0.25, 0.3) is 0 Å². The number of carbonyl (C=O) groups is 1. The first kappa shape index (κ1) is 15.8. The van der Waals surface area contributed by atoms with Gasteiger partial charge >= 0.3 is 0 Å². The Morgan fingerprint density at radius 2 is 2.43 bits per heavy atom. The Morgan fingerprint density at radius 3 is 3.10 bits per heavy atom. The highest BCUT2D eigenvalue weighted by Crippen LogP contribution is 2.10. The minimum absolute atomic E-state index is 0.155. The maximum absolute atomic E-state index is 12.5. The van der Waals surface area contributed by atoms with Crippen LogP contribution >= 0.6 is 0 Å². The van der Waals surface area contributed by atoms with Crippen molar-refractivity contribution in [2.75, 3.05) is 32.8 Å². The molecule has 2 rings (SSSR count). The lowest BCUT2D eigenvalue weighted by Crippen LogP contribution is -2.55. The molecular formula is C13H20F2N4O2. The molecule has 1 N–H and O–H groups in total. The summed E-state index contributed by atoms with van der Waals surface area (Å²) in [5.41, 5.74) is 0.877. The van der Waals surface area contributed by atoms with Crippen LogP contribution in [-0.2, 0) is 23.0 Å². The highest BCUT2D eigenvalue weighted by Gasteiger charge is 2.30. The van der Waals surface area contributed by atoms with E-state index in [0.717, 1.165) is 5.69 Å². The van der Waals surface area contributed by atoms with Crippen molar-refractivity contribution in [3.05, 3.63) is 18.0 Å². The molecule has 1 unspecified atom stereocenters. The summed E-state index contributed by atoms with van der Waals surface area (Å²) >= 11 is 0. The van der Waals surface area contributed by atoms with Gasteiger partial charge < -0.3 is 10.1 Å². The molecule has 8 heteroatoms. The van der Waals surface area contributed by atoms with Crippen molar-refractivity contribution in [1.82, 2.24) is 20.0 Å². The van der Waals surface area contributed by atoms with Crippen LogP contribution in [0, 0.1) is 0 Å². The van der Waals surface area contributed by atoms with Crippen LogP contribution in [0.1, 0.15) is 5.69 Å². The molecule has 0 spiro atoms. The van der Waals surface area contributed by atoms with Crippen LogP contribution < -0.4 is 5.32 Å². The maximum atomic E-state index is 12.5. The van der Waals surface area contributed by atoms with E-state index in [0.29, 0.717) is 26.1 Å². The van der Waals surface area contributed by atoms with E-state index < -0.39 is 19.0 Å². The molecule has 1 aromatic rings. The molecule has 0 saturated carbocycles. The largest absolute Gasteiger partial charge is 0.378 e. The van der Waals surface area contributed by atoms with Crippen LogP contribution in [-0.4, -0.2) is 65.9 Å². The van der Waals surface area contributed by atoms with Crippen molar-refractivity contribution in [3.8, 4) is 0 Å². The summed E-state index contributed by atoms with van der Waals surface area (Å²) in [7, 11) is 1.82. The Kier molecular flexibility index (Phi) is 5.63. The fraction of sp³-hybridized carbons (Fsp3) is 0.692. The predicted molar refractivity (Wildman–Crippen MR) is 72.1 cm³/mol. The van der Waals surface area contributed by atoms with Gasteiger partial charge in [-0.3, -0.25) is 14.4 Å². The van der Waals surface area contributed by atoms with Crippen LogP contribution in [0.2, 0.25) is 0 Å². The SMILES string of the molecule is Cn1ccc(CCNC(=O)C2COCCN2CC(F)F)n1. The molecule has 1 saturated heterocycles. The number of hydrogen-bond acceptors (Lipinski definition) is 4. The van der Waals surface area contributed by atoms with Gasteiger partial charge in [0.25, 0.3) is 6.43 Å². The first-order valence-corrected chi connectivity index (χ1v) is 6.92. The van der Waals surface area contributed by atoms with Crippen molar-refractivity contribution in [2.24, 2.45) is 7.05 Å². The number of hydrogen-bond donors (Lipinski definition) is 1. The van der Waals surface area contributed by atoms with Gasteiger partial charge in [0, 0.05) is 32.8 Å². The third-order valence-electron chi connectivity index (χ3n) is 3.36. The zero-order chi connectivity index (χ0) is 15.2. The second kappa shape index (κ2) is 7.46. The zero-order valence-electron chi connectivity index (χ0n) is 12.0. The van der Waals surface area contributed by atoms with Crippen molar-refractivity contribution in [2.45, 2.75) is 18.9 Å². The fourth-order valence-corrected chi connectivity index (χ4v) is 2.30. The molecule has 1 aliphatic heterocycles. The molecule has 0 radical (unpaired) electrons. The van der Waals surface area contributed by atoms with E-state index in [-0.39, 0.29) is 12.5 Å². The molecule has 1 amide bonds. The van der Waals surface area contributed by atoms with E-state index >= 15 is 0 Å². The number of aromatic nitrogens is 2. The second-order valence-electron chi connectivity index (χ2n) is 5.00. The number of rotatable bonds is 6. The summed E-state index contributed by atoms with van der Waals surface area (Å²) in [4.78, 5) is 13.6. The fourth-order valence-electron chi connectivity index (χ4n) is 2.30. The molecule has 2 heterocycles. The van der Waals surface area contributed by atoms with Gasteiger partial charge in [0.05, 0.1) is 25.5 Å². The van der Waals surface area contributed by atoms with Crippen molar-refractivity contribution in [3.63, 3.8) is 0 Å². The number of carbonyl (C=O) groups excluding carboxylic acids is 1. The molecule has 1 atom stereocenters. The lowest BCUT2D eigenvalue weighted by molar-refractivity contribution is -0.133. The van der Waals surface area contributed by atoms with Crippen LogP contribution in [0.4, 0.5) is 8.78 Å². The monoisotopic (exact) mass is 302 g/mol. The van der Waals surface area contributed by atoms with E-state index in [1.165, 1.54) is 4.90 Å². The average Bonchev–Trinajstić information content (AvgIpc) is 2.84. The standard InChI is InChI=1S/C13H20F2N4O2/c1-18-5-3-10(17-18)2-4-16-13(20)11-9-21-7-6-19(11)8-12(14)15/h3,5,11-12H,2,4,6-9H2,1H3,(H,16,20). The zero-order valence-corrected chi connectivity index (χ0v) is 12.0. The van der Waals surface area contributed by atoms with Gasteiger partial charge in [-0.25, -0.2) is 8.78 Å². The summed E-state index contributed by atoms with van der Waals surface area (Å²) in [5, 5.41) is 6.96. The van der Waals surface area contributed by atoms with Crippen molar-refractivity contribution >= 4 is 5.91 Å². The quantitative estimate of drug-likeness (QED) is 0.806. The van der Waals surface area contributed by atoms with Crippen LogP contribution in [0.3, 0.4) is 0 Å². The Bertz CT molecular complexity index is 467. The van der Waals surface area contributed by atoms with E-state index in [2.05, 4.69) is 10.4 Å². The summed E-state index contributed by atoms with van der Waals surface area (Å²) < 4.78 is 31.9. The Balaban J connectivity index is 1.80. The smallest absolute Gasteiger partial charge is 0.251 e. The number of nitrogens with one attached hydrogen (secondary N) is 1. The normalized spacial score (nSPS) is 19.9. The molecule has 6 nitrogen and oxygen atoms in total. The van der Waals surface area contributed by atoms with Crippen molar-refractivity contribution < 1.29 is 18.3 Å². The van der Waals surface area contributed by atoms with Gasteiger partial charge in [-0.2, -0.15) is 5.10 Å². The Hall–Kier alpha value is -1.54. The Morgan fingerprint density at radius 1 is 1.62 bits per heavy atom. The van der Waals surface area contributed by atoms with Crippen molar-refractivity contribution in [1.29, 1.82) is 0 Å². The number of alkyl halides is 2. The predicted octanol–water partition coefficient (Wildman–Crippen LogP) is 0.0447. The summed E-state index contributed by atoms with van der Waals surface area (Å²) in [6, 6.07) is 1.23. The minimum Gasteiger partial charge on any atom is -0.378 e. The van der Waals surface area contributed by atoms with Gasteiger partial charge in [0.1, 0.15) is 6.04 Å². The summed E-state index contributed by atoms with van der Waals surface area (Å²) in [5.74, 6) is -0.272. The number of aryl methyl sites for hydroxylation is 1. The third-order valence-corrected chi connectivity index (χ3v) is 3.36. The van der Waals surface area contributed by atoms with Gasteiger partial charge in [0.15, 0.2) is 0 Å². The lowest BCUT2D eigenvalue weighted by Gasteiger charge is -2.34. The minimum atomic E-state index is -2.45. The molecule has 0 aliphatic carbocycles. The van der Waals surface area contributed by atoms with Gasteiger partial charge in [-0.15, -0.1) is 0 Å². The Labute approximate surface area is 122 Å². The molecule has 0 bridgehead atoms. The third kappa shape index (κ3) is 4.75. The molecule has 1 aromatic heterocycles. The molecule has 1 fully saturated rings. The lowest BCUT2D eigenvalue weighted by atomic mass is 10.2. The number of nitrogens with zero attached hydrogens (tertiary/aromatic N) is 3. The highest BCUT2D eigenvalue weighted by molar-refractivity contribution is 5.82. The second-order valence-corrected chi connectivity index (χ2v) is 5.00. The number of ether oxygens (including phenoxy) is 1. The van der Waals surface area contributed by atoms with E-state index in [1.807, 2.05) is 19.3 Å². The summed E-state index contributed by atoms with van der Waals surface area (Å²) in [6.45, 7) is 0.909. The molecule has 0 aromatic carbocycles. The van der Waals surface area contributed by atoms with Crippen LogP contribution in [0.15, 0.2) is 12.3 Å². The summed E-state index contributed by atoms with van der Waals surface area (Å²) in [6.07, 6.45) is -0.0159. The van der Waals surface area contributed by atoms with Gasteiger partial charge in [0.2, 0.25) is 5.91 Å². The first-order chi connectivity index (χ1) is 10.1. The molecular weight excluding hydrogens is 282 g/mol. The first-order valence-electron chi connectivity index (χ1n) is 6.92. The number of halogens is 2. The molecule has 21 heavy (non-hydrogen) atoms. The highest BCUT2D eigenvalue weighted by atomic mass is 19.3. The average molecular weight is 302 g/mol. The van der Waals surface area contributed by atoms with Gasteiger partial charge in [-0.1, -0.05) is 0 Å². The molecule has 1 aliphatic rings.